The summed E-state index contributed by atoms with van der Waals surface area (Å²) >= 11 is 0. The van der Waals surface area contributed by atoms with Gasteiger partial charge in [0.05, 0.1) is 11.1 Å². The number of amides is 1. The summed E-state index contributed by atoms with van der Waals surface area (Å²) in [7, 11) is 0. The molecule has 1 heterocycles. The van der Waals surface area contributed by atoms with Crippen molar-refractivity contribution < 1.29 is 13.6 Å². The standard InChI is InChI=1S/C23H27F2N7O/c24-16-3-1-2-15(10-16)12-30-17-4-7-23(14-26,8-5-17)31-13-19(22(28)33)21(27)32-18-6-9-29-20(25)11-18/h1-3,6,9-11,13-14,17,26,30-31H,4-5,7-8,12H2,(H2,28,33)(H2,27,29,32)/b19-13+,26-14?. The van der Waals surface area contributed by atoms with Gasteiger partial charge in [-0.15, -0.1) is 0 Å². The van der Waals surface area contributed by atoms with Gasteiger partial charge in [0.2, 0.25) is 5.95 Å². The molecule has 174 valence electrons. The molecule has 1 saturated carbocycles. The van der Waals surface area contributed by atoms with Gasteiger partial charge in [0, 0.05) is 43.0 Å². The van der Waals surface area contributed by atoms with Crippen molar-refractivity contribution in [3.63, 3.8) is 0 Å². The number of pyridine rings is 1. The average molecular weight is 456 g/mol. The Hall–Kier alpha value is -3.66. The number of anilines is 1. The van der Waals surface area contributed by atoms with E-state index in [-0.39, 0.29) is 29.0 Å². The lowest BCUT2D eigenvalue weighted by atomic mass is 9.80. The van der Waals surface area contributed by atoms with E-state index in [0.717, 1.165) is 24.5 Å². The van der Waals surface area contributed by atoms with Crippen LogP contribution in [0, 0.1) is 22.6 Å². The lowest BCUT2D eigenvalue weighted by Gasteiger charge is -2.38. The molecule has 3 rings (SSSR count). The number of hydrogen-bond acceptors (Lipinski definition) is 6. The summed E-state index contributed by atoms with van der Waals surface area (Å²) in [4.78, 5) is 15.4. The fourth-order valence-corrected chi connectivity index (χ4v) is 3.75. The van der Waals surface area contributed by atoms with E-state index in [4.69, 9.17) is 16.6 Å². The summed E-state index contributed by atoms with van der Waals surface area (Å²) in [6, 6.07) is 9.22. The predicted molar refractivity (Wildman–Crippen MR) is 123 cm³/mol. The Balaban J connectivity index is 1.59. The fraction of sp³-hybridized carbons (Fsp3) is 0.304. The molecule has 7 N–H and O–H groups in total. The highest BCUT2D eigenvalue weighted by molar-refractivity contribution is 6.23. The van der Waals surface area contributed by atoms with Gasteiger partial charge in [-0.25, -0.2) is 9.37 Å². The molecule has 0 spiro atoms. The van der Waals surface area contributed by atoms with Crippen LogP contribution in [0.15, 0.2) is 54.4 Å². The molecule has 0 atom stereocenters. The zero-order valence-corrected chi connectivity index (χ0v) is 18.0. The van der Waals surface area contributed by atoms with E-state index >= 15 is 0 Å². The molecule has 33 heavy (non-hydrogen) atoms. The number of nitrogens with one attached hydrogen (secondary N) is 5. The summed E-state index contributed by atoms with van der Waals surface area (Å²) in [5.41, 5.74) is 5.76. The van der Waals surface area contributed by atoms with Crippen molar-refractivity contribution in [3.8, 4) is 0 Å². The fourth-order valence-electron chi connectivity index (χ4n) is 3.75. The molecule has 0 saturated heterocycles. The monoisotopic (exact) mass is 455 g/mol. The average Bonchev–Trinajstić information content (AvgIpc) is 2.78. The first-order chi connectivity index (χ1) is 15.8. The van der Waals surface area contributed by atoms with Crippen LogP contribution in [0.4, 0.5) is 14.5 Å². The highest BCUT2D eigenvalue weighted by Gasteiger charge is 2.33. The van der Waals surface area contributed by atoms with Crippen molar-refractivity contribution in [1.29, 1.82) is 10.8 Å². The first-order valence-corrected chi connectivity index (χ1v) is 10.5. The van der Waals surface area contributed by atoms with E-state index in [9.17, 15) is 13.6 Å². The van der Waals surface area contributed by atoms with Crippen molar-refractivity contribution in [2.45, 2.75) is 43.8 Å². The van der Waals surface area contributed by atoms with E-state index in [2.05, 4.69) is 20.9 Å². The minimum Gasteiger partial charge on any atom is -0.380 e. The van der Waals surface area contributed by atoms with Crippen molar-refractivity contribution in [1.82, 2.24) is 15.6 Å². The van der Waals surface area contributed by atoms with E-state index in [1.54, 1.807) is 6.07 Å². The van der Waals surface area contributed by atoms with Gasteiger partial charge in [0.1, 0.15) is 11.7 Å². The van der Waals surface area contributed by atoms with E-state index in [1.165, 1.54) is 36.8 Å². The molecule has 1 aromatic heterocycles. The second-order valence-electron chi connectivity index (χ2n) is 8.02. The van der Waals surface area contributed by atoms with Crippen LogP contribution >= 0.6 is 0 Å². The summed E-state index contributed by atoms with van der Waals surface area (Å²) in [6.45, 7) is 0.553. The number of rotatable bonds is 9. The quantitative estimate of drug-likeness (QED) is 0.149. The van der Waals surface area contributed by atoms with E-state index in [0.29, 0.717) is 19.4 Å². The first kappa shape index (κ1) is 24.0. The third kappa shape index (κ3) is 6.66. The van der Waals surface area contributed by atoms with Crippen molar-refractivity contribution >= 4 is 23.6 Å². The predicted octanol–water partition coefficient (Wildman–Crippen LogP) is 2.83. The molecular formula is C23H27F2N7O. The van der Waals surface area contributed by atoms with Crippen molar-refractivity contribution in [3.05, 3.63) is 71.7 Å². The maximum Gasteiger partial charge on any atom is 0.253 e. The number of nitrogens with two attached hydrogens (primary N) is 1. The van der Waals surface area contributed by atoms with Crippen LogP contribution in [0.3, 0.4) is 0 Å². The molecule has 10 heteroatoms. The number of amidine groups is 1. The number of carbonyl (C=O) groups excluding carboxylic acids is 1. The zero-order chi connectivity index (χ0) is 23.8. The number of halogens is 2. The largest absolute Gasteiger partial charge is 0.380 e. The van der Waals surface area contributed by atoms with E-state index < -0.39 is 17.4 Å². The van der Waals surface area contributed by atoms with Gasteiger partial charge in [0.15, 0.2) is 0 Å². The van der Waals surface area contributed by atoms with Crippen molar-refractivity contribution in [2.24, 2.45) is 5.73 Å². The number of aromatic nitrogens is 1. The molecule has 1 aliphatic carbocycles. The van der Waals surface area contributed by atoms with Gasteiger partial charge in [-0.1, -0.05) is 12.1 Å². The number of hydrogen-bond donors (Lipinski definition) is 6. The Kier molecular flexibility index (Phi) is 7.83. The van der Waals surface area contributed by atoms with Gasteiger partial charge in [-0.2, -0.15) is 4.39 Å². The van der Waals surface area contributed by atoms with Gasteiger partial charge < -0.3 is 27.1 Å². The van der Waals surface area contributed by atoms with Gasteiger partial charge in [-0.05, 0) is 49.4 Å². The van der Waals surface area contributed by atoms with Gasteiger partial charge in [-0.3, -0.25) is 10.2 Å². The summed E-state index contributed by atoms with van der Waals surface area (Å²) in [5.74, 6) is -2.12. The molecule has 0 bridgehead atoms. The second-order valence-corrected chi connectivity index (χ2v) is 8.02. The smallest absolute Gasteiger partial charge is 0.253 e. The maximum atomic E-state index is 13.3. The first-order valence-electron chi connectivity index (χ1n) is 10.5. The Morgan fingerprint density at radius 1 is 1.24 bits per heavy atom. The lowest BCUT2D eigenvalue weighted by molar-refractivity contribution is -0.114. The van der Waals surface area contributed by atoms with Crippen LogP contribution in [0.5, 0.6) is 0 Å². The van der Waals surface area contributed by atoms with Crippen LogP contribution in [-0.4, -0.2) is 34.5 Å². The third-order valence-electron chi connectivity index (χ3n) is 5.67. The summed E-state index contributed by atoms with van der Waals surface area (Å²) < 4.78 is 26.6. The Morgan fingerprint density at radius 2 is 2.00 bits per heavy atom. The minimum absolute atomic E-state index is 0.125. The minimum atomic E-state index is -0.833. The number of carbonyl (C=O) groups is 1. The number of benzene rings is 1. The van der Waals surface area contributed by atoms with E-state index in [1.807, 2.05) is 6.07 Å². The van der Waals surface area contributed by atoms with Crippen LogP contribution in [0.2, 0.25) is 0 Å². The third-order valence-corrected chi connectivity index (χ3v) is 5.67. The van der Waals surface area contributed by atoms with Crippen LogP contribution in [-0.2, 0) is 11.3 Å². The molecule has 2 aromatic rings. The maximum absolute atomic E-state index is 13.3. The SMILES string of the molecule is N=CC1(N/C=C(\C(=N)Nc2ccnc(F)c2)C(N)=O)CCC(NCc2cccc(F)c2)CC1. The van der Waals surface area contributed by atoms with Crippen LogP contribution in [0.25, 0.3) is 0 Å². The lowest BCUT2D eigenvalue weighted by Crippen LogP contribution is -2.50. The Bertz CT molecular complexity index is 1050. The topological polar surface area (TPSA) is 140 Å². The molecular weight excluding hydrogens is 428 g/mol. The highest BCUT2D eigenvalue weighted by Crippen LogP contribution is 2.27. The molecule has 1 amide bonds. The van der Waals surface area contributed by atoms with Gasteiger partial charge in [0.25, 0.3) is 5.91 Å². The second kappa shape index (κ2) is 10.8. The molecule has 0 aliphatic heterocycles. The molecule has 1 fully saturated rings. The molecule has 8 nitrogen and oxygen atoms in total. The molecule has 0 unspecified atom stereocenters. The molecule has 0 radical (unpaired) electrons. The molecule has 1 aromatic carbocycles. The summed E-state index contributed by atoms with van der Waals surface area (Å²) in [5, 5.41) is 25.2. The van der Waals surface area contributed by atoms with Crippen LogP contribution < -0.4 is 21.7 Å². The normalized spacial score (nSPS) is 20.7. The molecule has 1 aliphatic rings. The number of primary amides is 1. The van der Waals surface area contributed by atoms with Gasteiger partial charge >= 0.3 is 0 Å². The Labute approximate surface area is 190 Å². The Morgan fingerprint density at radius 3 is 2.64 bits per heavy atom. The van der Waals surface area contributed by atoms with Crippen LogP contribution in [0.1, 0.15) is 31.2 Å². The number of nitrogens with zero attached hydrogens (tertiary/aromatic N) is 1. The zero-order valence-electron chi connectivity index (χ0n) is 18.0. The van der Waals surface area contributed by atoms with Crippen molar-refractivity contribution in [2.75, 3.05) is 5.32 Å². The summed E-state index contributed by atoms with van der Waals surface area (Å²) in [6.07, 6.45) is 6.65. The highest BCUT2D eigenvalue weighted by atomic mass is 19.1.